The number of benzene rings is 2. The van der Waals surface area contributed by atoms with E-state index in [-0.39, 0.29) is 5.82 Å². The zero-order chi connectivity index (χ0) is 16.2. The number of nitrogens with one attached hydrogen (secondary N) is 1. The van der Waals surface area contributed by atoms with Gasteiger partial charge in [0.25, 0.3) is 0 Å². The van der Waals surface area contributed by atoms with Crippen molar-refractivity contribution in [3.8, 4) is 0 Å². The van der Waals surface area contributed by atoms with Crippen LogP contribution in [0, 0.1) is 5.82 Å². The molecule has 2 rings (SSSR count). The Morgan fingerprint density at radius 2 is 1.73 bits per heavy atom. The van der Waals surface area contributed by atoms with Crippen LogP contribution in [0.15, 0.2) is 52.3 Å². The first-order chi connectivity index (χ1) is 10.4. The van der Waals surface area contributed by atoms with Gasteiger partial charge in [-0.15, -0.1) is 0 Å². The van der Waals surface area contributed by atoms with Gasteiger partial charge in [-0.1, -0.05) is 18.7 Å². The van der Waals surface area contributed by atoms with E-state index in [0.717, 1.165) is 29.1 Å². The Labute approximate surface area is 130 Å². The van der Waals surface area contributed by atoms with Crippen LogP contribution in [0.2, 0.25) is 0 Å². The number of alkyl halides is 3. The summed E-state index contributed by atoms with van der Waals surface area (Å²) < 4.78 is 50.9. The van der Waals surface area contributed by atoms with Gasteiger partial charge in [0.05, 0.1) is 5.56 Å². The highest BCUT2D eigenvalue weighted by Gasteiger charge is 2.29. The molecule has 0 saturated heterocycles. The van der Waals surface area contributed by atoms with E-state index in [1.54, 1.807) is 6.07 Å². The van der Waals surface area contributed by atoms with Gasteiger partial charge in [-0.05, 0) is 54.6 Å². The molecule has 1 nitrogen and oxygen atoms in total. The summed E-state index contributed by atoms with van der Waals surface area (Å²) in [5, 5.41) is 3.12. The fourth-order valence-electron chi connectivity index (χ4n) is 1.88. The van der Waals surface area contributed by atoms with E-state index in [1.165, 1.54) is 36.0 Å². The van der Waals surface area contributed by atoms with Crippen LogP contribution >= 0.6 is 11.8 Å². The van der Waals surface area contributed by atoms with Crippen LogP contribution in [0.5, 0.6) is 0 Å². The lowest BCUT2D eigenvalue weighted by Gasteiger charge is -2.11. The normalized spacial score (nSPS) is 11.7. The maximum absolute atomic E-state index is 13.3. The van der Waals surface area contributed by atoms with Crippen molar-refractivity contribution in [2.75, 3.05) is 6.54 Å². The van der Waals surface area contributed by atoms with Crippen LogP contribution in [-0.2, 0) is 12.7 Å². The summed E-state index contributed by atoms with van der Waals surface area (Å²) in [7, 11) is 0. The van der Waals surface area contributed by atoms with Crippen molar-refractivity contribution in [1.29, 1.82) is 0 Å². The average molecular weight is 329 g/mol. The maximum Gasteiger partial charge on any atom is 0.416 e. The van der Waals surface area contributed by atoms with Gasteiger partial charge < -0.3 is 5.32 Å². The minimum atomic E-state index is -4.34. The molecule has 0 bridgehead atoms. The summed E-state index contributed by atoms with van der Waals surface area (Å²) in [6.45, 7) is 3.21. The number of halogens is 4. The van der Waals surface area contributed by atoms with Crippen LogP contribution in [0.25, 0.3) is 0 Å². The van der Waals surface area contributed by atoms with E-state index >= 15 is 0 Å². The first kappa shape index (κ1) is 16.8. The topological polar surface area (TPSA) is 12.0 Å². The fraction of sp³-hybridized carbons (Fsp3) is 0.250. The molecule has 2 aromatic carbocycles. The van der Waals surface area contributed by atoms with Crippen molar-refractivity contribution >= 4 is 11.8 Å². The molecule has 0 aromatic heterocycles. The SMILES string of the molecule is CCNCc1cc(F)ccc1Sc1ccc(C(F)(F)F)cc1. The molecule has 0 aliphatic heterocycles. The molecule has 0 fully saturated rings. The average Bonchev–Trinajstić information content (AvgIpc) is 2.47. The van der Waals surface area contributed by atoms with Gasteiger partial charge in [0.2, 0.25) is 0 Å². The van der Waals surface area contributed by atoms with Gasteiger partial charge in [0.1, 0.15) is 5.82 Å². The van der Waals surface area contributed by atoms with Gasteiger partial charge in [0, 0.05) is 16.3 Å². The van der Waals surface area contributed by atoms with Crippen LogP contribution in [0.3, 0.4) is 0 Å². The monoisotopic (exact) mass is 329 g/mol. The van der Waals surface area contributed by atoms with Gasteiger partial charge in [-0.25, -0.2) is 4.39 Å². The van der Waals surface area contributed by atoms with Crippen molar-refractivity contribution in [3.05, 3.63) is 59.4 Å². The second-order valence-corrected chi connectivity index (χ2v) is 5.77. The Bertz CT molecular complexity index is 623. The molecular formula is C16H15F4NS. The smallest absolute Gasteiger partial charge is 0.313 e. The van der Waals surface area contributed by atoms with Crippen molar-refractivity contribution in [3.63, 3.8) is 0 Å². The van der Waals surface area contributed by atoms with E-state index < -0.39 is 11.7 Å². The molecule has 0 radical (unpaired) electrons. The molecule has 22 heavy (non-hydrogen) atoms. The molecule has 0 heterocycles. The van der Waals surface area contributed by atoms with Gasteiger partial charge in [-0.3, -0.25) is 0 Å². The second kappa shape index (κ2) is 7.15. The first-order valence-corrected chi connectivity index (χ1v) is 7.56. The Balaban J connectivity index is 2.19. The van der Waals surface area contributed by atoms with E-state index in [9.17, 15) is 17.6 Å². The molecule has 1 N–H and O–H groups in total. The lowest BCUT2D eigenvalue weighted by Crippen LogP contribution is -2.12. The van der Waals surface area contributed by atoms with Crippen LogP contribution < -0.4 is 5.32 Å². The molecule has 0 atom stereocenters. The Hall–Kier alpha value is -1.53. The molecule has 0 aliphatic carbocycles. The van der Waals surface area contributed by atoms with E-state index in [4.69, 9.17) is 0 Å². The predicted octanol–water partition coefficient (Wildman–Crippen LogP) is 5.11. The minimum Gasteiger partial charge on any atom is -0.313 e. The molecule has 0 saturated carbocycles. The zero-order valence-corrected chi connectivity index (χ0v) is 12.7. The summed E-state index contributed by atoms with van der Waals surface area (Å²) in [6.07, 6.45) is -4.34. The third-order valence-electron chi connectivity index (χ3n) is 3.00. The molecular weight excluding hydrogens is 314 g/mol. The quantitative estimate of drug-likeness (QED) is 0.766. The van der Waals surface area contributed by atoms with E-state index in [0.29, 0.717) is 11.4 Å². The molecule has 0 aliphatic rings. The van der Waals surface area contributed by atoms with Gasteiger partial charge in [-0.2, -0.15) is 13.2 Å². The van der Waals surface area contributed by atoms with Crippen LogP contribution in [-0.4, -0.2) is 6.54 Å². The van der Waals surface area contributed by atoms with Crippen molar-refractivity contribution in [2.24, 2.45) is 0 Å². The van der Waals surface area contributed by atoms with Crippen molar-refractivity contribution in [2.45, 2.75) is 29.4 Å². The van der Waals surface area contributed by atoms with Gasteiger partial charge in [0.15, 0.2) is 0 Å². The highest BCUT2D eigenvalue weighted by molar-refractivity contribution is 7.99. The first-order valence-electron chi connectivity index (χ1n) is 6.74. The van der Waals surface area contributed by atoms with Crippen LogP contribution in [0.1, 0.15) is 18.1 Å². The predicted molar refractivity (Wildman–Crippen MR) is 79.3 cm³/mol. The fourth-order valence-corrected chi connectivity index (χ4v) is 2.81. The lowest BCUT2D eigenvalue weighted by atomic mass is 10.2. The molecule has 2 aromatic rings. The summed E-state index contributed by atoms with van der Waals surface area (Å²) in [5.74, 6) is -0.329. The molecule has 6 heteroatoms. The maximum atomic E-state index is 13.3. The Morgan fingerprint density at radius 1 is 1.05 bits per heavy atom. The molecule has 0 unspecified atom stereocenters. The third-order valence-corrected chi connectivity index (χ3v) is 4.12. The summed E-state index contributed by atoms with van der Waals surface area (Å²) in [6, 6.07) is 9.38. The number of hydrogen-bond acceptors (Lipinski definition) is 2. The zero-order valence-electron chi connectivity index (χ0n) is 11.9. The lowest BCUT2D eigenvalue weighted by molar-refractivity contribution is -0.137. The minimum absolute atomic E-state index is 0.329. The molecule has 0 amide bonds. The van der Waals surface area contributed by atoms with Crippen molar-refractivity contribution < 1.29 is 17.6 Å². The van der Waals surface area contributed by atoms with Gasteiger partial charge >= 0.3 is 6.18 Å². The van der Waals surface area contributed by atoms with E-state index in [1.807, 2.05) is 6.92 Å². The number of rotatable bonds is 5. The standard InChI is InChI=1S/C16H15F4NS/c1-2-21-10-11-9-13(17)5-8-15(11)22-14-6-3-12(4-7-14)16(18,19)20/h3-9,21H,2,10H2,1H3. The second-order valence-electron chi connectivity index (χ2n) is 4.66. The Kier molecular flexibility index (Phi) is 5.47. The van der Waals surface area contributed by atoms with Crippen LogP contribution in [0.4, 0.5) is 17.6 Å². The third kappa shape index (κ3) is 4.48. The molecule has 118 valence electrons. The highest BCUT2D eigenvalue weighted by atomic mass is 32.2. The van der Waals surface area contributed by atoms with Crippen molar-refractivity contribution in [1.82, 2.24) is 5.32 Å². The van der Waals surface area contributed by atoms with E-state index in [2.05, 4.69) is 5.32 Å². The summed E-state index contributed by atoms with van der Waals surface area (Å²) in [4.78, 5) is 1.50. The summed E-state index contributed by atoms with van der Waals surface area (Å²) in [5.41, 5.74) is 0.107. The number of hydrogen-bond donors (Lipinski definition) is 1. The summed E-state index contributed by atoms with van der Waals surface area (Å²) >= 11 is 1.32. The molecule has 0 spiro atoms. The Morgan fingerprint density at radius 3 is 2.32 bits per heavy atom. The largest absolute Gasteiger partial charge is 0.416 e. The highest BCUT2D eigenvalue weighted by Crippen LogP contribution is 2.34.